The Labute approximate surface area is 127 Å². The van der Waals surface area contributed by atoms with Gasteiger partial charge in [-0.15, -0.1) is 0 Å². The molecule has 0 saturated carbocycles. The fraction of sp³-hybridized carbons (Fsp3) is 0.588. The molecule has 0 aliphatic carbocycles. The molecule has 4 heteroatoms. The van der Waals surface area contributed by atoms with Crippen molar-refractivity contribution in [3.05, 3.63) is 23.8 Å². The number of carbonyl (C=O) groups excluding carboxylic acids is 1. The Morgan fingerprint density at radius 3 is 2.43 bits per heavy atom. The van der Waals surface area contributed by atoms with Crippen LogP contribution in [0.3, 0.4) is 0 Å². The van der Waals surface area contributed by atoms with E-state index in [1.165, 1.54) is 0 Å². The van der Waals surface area contributed by atoms with Crippen LogP contribution in [0.2, 0.25) is 0 Å². The normalized spacial score (nSPS) is 19.7. The Kier molecular flexibility index (Phi) is 4.57. The molecule has 2 atom stereocenters. The van der Waals surface area contributed by atoms with E-state index in [0.29, 0.717) is 0 Å². The third kappa shape index (κ3) is 3.21. The molecule has 1 aliphatic rings. The average molecular weight is 290 g/mol. The van der Waals surface area contributed by atoms with Crippen molar-refractivity contribution in [2.24, 2.45) is 11.7 Å². The highest BCUT2D eigenvalue weighted by Gasteiger charge is 2.37. The summed E-state index contributed by atoms with van der Waals surface area (Å²) in [6, 6.07) is 6.23. The maximum atomic E-state index is 12.7. The molecule has 2 rings (SSSR count). The number of benzene rings is 1. The van der Waals surface area contributed by atoms with Gasteiger partial charge in [-0.25, -0.2) is 0 Å². The lowest BCUT2D eigenvalue weighted by Gasteiger charge is -2.38. The van der Waals surface area contributed by atoms with Crippen molar-refractivity contribution >= 4 is 11.6 Å². The molecule has 1 aromatic rings. The third-order valence-electron chi connectivity index (χ3n) is 3.70. The maximum Gasteiger partial charge on any atom is 0.268 e. The van der Waals surface area contributed by atoms with Crippen LogP contribution in [0.5, 0.6) is 5.75 Å². The first kappa shape index (κ1) is 15.8. The minimum atomic E-state index is -0.404. The number of nitrogens with two attached hydrogens (primary N) is 1. The van der Waals surface area contributed by atoms with Crippen molar-refractivity contribution in [2.75, 3.05) is 4.90 Å². The van der Waals surface area contributed by atoms with E-state index >= 15 is 0 Å². The fourth-order valence-electron chi connectivity index (χ4n) is 2.75. The van der Waals surface area contributed by atoms with Crippen molar-refractivity contribution in [3.63, 3.8) is 0 Å². The zero-order chi connectivity index (χ0) is 15.7. The lowest BCUT2D eigenvalue weighted by atomic mass is 10.00. The Balaban J connectivity index is 2.44. The van der Waals surface area contributed by atoms with Gasteiger partial charge in [0.25, 0.3) is 5.91 Å². The Morgan fingerprint density at radius 2 is 1.90 bits per heavy atom. The molecule has 0 radical (unpaired) electrons. The molecule has 0 bridgehead atoms. The minimum absolute atomic E-state index is 0.0467. The van der Waals surface area contributed by atoms with Crippen LogP contribution in [0, 0.1) is 5.92 Å². The van der Waals surface area contributed by atoms with Gasteiger partial charge in [0.2, 0.25) is 0 Å². The maximum absolute atomic E-state index is 12.7. The van der Waals surface area contributed by atoms with Gasteiger partial charge in [0.05, 0.1) is 5.69 Å². The first-order valence-electron chi connectivity index (χ1n) is 7.69. The van der Waals surface area contributed by atoms with Crippen molar-refractivity contribution in [2.45, 2.75) is 59.2 Å². The quantitative estimate of drug-likeness (QED) is 0.927. The average Bonchev–Trinajstić information content (AvgIpc) is 2.36. The highest BCUT2D eigenvalue weighted by molar-refractivity contribution is 6.00. The van der Waals surface area contributed by atoms with Crippen molar-refractivity contribution < 1.29 is 9.53 Å². The van der Waals surface area contributed by atoms with Gasteiger partial charge in [0, 0.05) is 12.1 Å². The number of fused-ring (bicyclic) bond motifs is 1. The van der Waals surface area contributed by atoms with Crippen LogP contribution in [-0.2, 0) is 11.2 Å². The largest absolute Gasteiger partial charge is 0.478 e. The first-order valence-corrected chi connectivity index (χ1v) is 7.69. The highest BCUT2D eigenvalue weighted by atomic mass is 16.5. The highest BCUT2D eigenvalue weighted by Crippen LogP contribution is 2.37. The molecule has 0 aromatic heterocycles. The smallest absolute Gasteiger partial charge is 0.268 e. The molecule has 2 N–H and O–H groups in total. The summed E-state index contributed by atoms with van der Waals surface area (Å²) in [7, 11) is 0. The van der Waals surface area contributed by atoms with Crippen LogP contribution in [0.25, 0.3) is 0 Å². The van der Waals surface area contributed by atoms with E-state index in [-0.39, 0.29) is 23.9 Å². The van der Waals surface area contributed by atoms with Gasteiger partial charge in [0.15, 0.2) is 6.10 Å². The Bertz CT molecular complexity index is 524. The zero-order valence-corrected chi connectivity index (χ0v) is 13.6. The first-order chi connectivity index (χ1) is 9.81. The van der Waals surface area contributed by atoms with E-state index in [9.17, 15) is 4.79 Å². The van der Waals surface area contributed by atoms with E-state index in [1.807, 2.05) is 57.7 Å². The molecule has 116 valence electrons. The van der Waals surface area contributed by atoms with Gasteiger partial charge in [-0.1, -0.05) is 19.9 Å². The number of carbonyl (C=O) groups is 1. The molecular weight excluding hydrogens is 264 g/mol. The van der Waals surface area contributed by atoms with Crippen LogP contribution in [0.1, 0.15) is 40.2 Å². The number of amides is 1. The summed E-state index contributed by atoms with van der Waals surface area (Å²) in [6.07, 6.45) is 0.389. The van der Waals surface area contributed by atoms with Crippen LogP contribution in [0.15, 0.2) is 18.2 Å². The van der Waals surface area contributed by atoms with E-state index < -0.39 is 6.10 Å². The molecule has 0 spiro atoms. The molecule has 21 heavy (non-hydrogen) atoms. The summed E-state index contributed by atoms with van der Waals surface area (Å²) in [5.41, 5.74) is 7.87. The molecule has 2 unspecified atom stereocenters. The summed E-state index contributed by atoms with van der Waals surface area (Å²) < 4.78 is 5.92. The summed E-state index contributed by atoms with van der Waals surface area (Å²) >= 11 is 0. The molecule has 0 saturated heterocycles. The third-order valence-corrected chi connectivity index (χ3v) is 3.70. The second-order valence-corrected chi connectivity index (χ2v) is 6.57. The van der Waals surface area contributed by atoms with Gasteiger partial charge in [-0.05, 0) is 50.8 Å². The van der Waals surface area contributed by atoms with Crippen LogP contribution >= 0.6 is 0 Å². The van der Waals surface area contributed by atoms with E-state index in [4.69, 9.17) is 10.5 Å². The van der Waals surface area contributed by atoms with Crippen LogP contribution in [-0.4, -0.2) is 24.1 Å². The summed E-state index contributed by atoms with van der Waals surface area (Å²) in [5.74, 6) is 0.983. The van der Waals surface area contributed by atoms with E-state index in [1.54, 1.807) is 0 Å². The number of hydrogen-bond acceptors (Lipinski definition) is 3. The van der Waals surface area contributed by atoms with Gasteiger partial charge < -0.3 is 15.4 Å². The lowest BCUT2D eigenvalue weighted by molar-refractivity contribution is -0.128. The van der Waals surface area contributed by atoms with Crippen molar-refractivity contribution in [1.82, 2.24) is 0 Å². The molecule has 1 aromatic carbocycles. The zero-order valence-electron chi connectivity index (χ0n) is 13.6. The predicted octanol–water partition coefficient (Wildman–Crippen LogP) is 2.73. The molecule has 1 aliphatic heterocycles. The number of ether oxygens (including phenoxy) is 1. The Morgan fingerprint density at radius 1 is 1.24 bits per heavy atom. The number of hydrogen-bond donors (Lipinski definition) is 1. The molecule has 1 amide bonds. The molecule has 0 fully saturated rings. The minimum Gasteiger partial charge on any atom is -0.478 e. The van der Waals surface area contributed by atoms with Gasteiger partial charge in [-0.3, -0.25) is 4.79 Å². The summed E-state index contributed by atoms with van der Waals surface area (Å²) in [5, 5.41) is 0. The van der Waals surface area contributed by atoms with Crippen LogP contribution < -0.4 is 15.4 Å². The summed E-state index contributed by atoms with van der Waals surface area (Å²) in [6.45, 7) is 10.1. The second-order valence-electron chi connectivity index (χ2n) is 6.57. The SMILES string of the molecule is CC(N)Cc1ccc2c(c1)N(C(C)C)C(=O)C(C(C)C)O2. The van der Waals surface area contributed by atoms with Crippen molar-refractivity contribution in [1.29, 1.82) is 0 Å². The standard InChI is InChI=1S/C17H26N2O2/c1-10(2)16-17(20)19(11(3)4)14-9-13(8-12(5)18)6-7-15(14)21-16/h6-7,9-12,16H,8,18H2,1-5H3. The second kappa shape index (κ2) is 6.06. The van der Waals surface area contributed by atoms with Crippen molar-refractivity contribution in [3.8, 4) is 5.75 Å². The molecule has 4 nitrogen and oxygen atoms in total. The van der Waals surface area contributed by atoms with E-state index in [2.05, 4.69) is 0 Å². The molecular formula is C17H26N2O2. The van der Waals surface area contributed by atoms with E-state index in [0.717, 1.165) is 23.4 Å². The fourth-order valence-corrected chi connectivity index (χ4v) is 2.75. The van der Waals surface area contributed by atoms with Crippen LogP contribution in [0.4, 0.5) is 5.69 Å². The summed E-state index contributed by atoms with van der Waals surface area (Å²) in [4.78, 5) is 14.5. The number of rotatable bonds is 4. The topological polar surface area (TPSA) is 55.6 Å². The monoisotopic (exact) mass is 290 g/mol. The number of nitrogens with zero attached hydrogens (tertiary/aromatic N) is 1. The van der Waals surface area contributed by atoms with Gasteiger partial charge >= 0.3 is 0 Å². The Hall–Kier alpha value is -1.55. The molecule has 1 heterocycles. The predicted molar refractivity (Wildman–Crippen MR) is 85.7 cm³/mol. The van der Waals surface area contributed by atoms with Gasteiger partial charge in [-0.2, -0.15) is 0 Å². The van der Waals surface area contributed by atoms with Gasteiger partial charge in [0.1, 0.15) is 5.75 Å². The number of anilines is 1. The lowest BCUT2D eigenvalue weighted by Crippen LogP contribution is -2.51.